The molecule has 1 saturated heterocycles. The molecule has 4 aromatic rings. The number of anilines is 3. The Bertz CT molecular complexity index is 1710. The van der Waals surface area contributed by atoms with Gasteiger partial charge in [-0.1, -0.05) is 41.9 Å². The van der Waals surface area contributed by atoms with Gasteiger partial charge >= 0.3 is 12.2 Å². The van der Waals surface area contributed by atoms with Gasteiger partial charge in [-0.3, -0.25) is 20.1 Å². The molecule has 0 radical (unpaired) electrons. The fraction of sp³-hybridized carbons (Fsp3) is 0.290. The van der Waals surface area contributed by atoms with E-state index in [0.29, 0.717) is 48.0 Å². The molecule has 3 amide bonds. The lowest BCUT2D eigenvalue weighted by molar-refractivity contribution is -0.139. The van der Waals surface area contributed by atoms with Crippen LogP contribution in [-0.2, 0) is 33.3 Å². The fourth-order valence-electron chi connectivity index (χ4n) is 5.93. The zero-order valence-corrected chi connectivity index (χ0v) is 24.5. The van der Waals surface area contributed by atoms with Crippen LogP contribution >= 0.6 is 11.6 Å². The number of benzene rings is 3. The van der Waals surface area contributed by atoms with E-state index in [4.69, 9.17) is 21.1 Å². The first-order valence-electron chi connectivity index (χ1n) is 14.0. The summed E-state index contributed by atoms with van der Waals surface area (Å²) in [4.78, 5) is 40.4. The summed E-state index contributed by atoms with van der Waals surface area (Å²) in [6.07, 6.45) is 0.501. The number of carbonyl (C=O) groups excluding carboxylic acids is 3. The van der Waals surface area contributed by atoms with Gasteiger partial charge in [0.05, 0.1) is 24.9 Å². The van der Waals surface area contributed by atoms with E-state index < -0.39 is 23.8 Å². The molecule has 0 saturated carbocycles. The van der Waals surface area contributed by atoms with Crippen LogP contribution in [0.4, 0.5) is 26.8 Å². The van der Waals surface area contributed by atoms with Gasteiger partial charge in [-0.2, -0.15) is 5.10 Å². The molecule has 1 fully saturated rings. The number of rotatable bonds is 6. The lowest BCUT2D eigenvalue weighted by Gasteiger charge is -2.45. The summed E-state index contributed by atoms with van der Waals surface area (Å²) in [5, 5.41) is 14.8. The number of hydrogen-bond donors (Lipinski definition) is 3. The highest BCUT2D eigenvalue weighted by Crippen LogP contribution is 2.43. The first kappa shape index (κ1) is 28.4. The van der Waals surface area contributed by atoms with E-state index in [2.05, 4.69) is 21.0 Å². The molecule has 2 aliphatic heterocycles. The quantitative estimate of drug-likeness (QED) is 0.266. The molecule has 0 bridgehead atoms. The van der Waals surface area contributed by atoms with Crippen molar-refractivity contribution in [3.8, 4) is 0 Å². The van der Waals surface area contributed by atoms with Crippen LogP contribution in [0.1, 0.15) is 24.0 Å². The number of halogens is 1. The first-order valence-corrected chi connectivity index (χ1v) is 14.3. The van der Waals surface area contributed by atoms with Crippen molar-refractivity contribution in [2.45, 2.75) is 30.9 Å². The third-order valence-corrected chi connectivity index (χ3v) is 8.17. The Kier molecular flexibility index (Phi) is 7.57. The molecule has 1 spiro atoms. The van der Waals surface area contributed by atoms with Crippen LogP contribution in [0, 0.1) is 0 Å². The van der Waals surface area contributed by atoms with Crippen molar-refractivity contribution in [3.63, 3.8) is 0 Å². The van der Waals surface area contributed by atoms with E-state index in [9.17, 15) is 14.4 Å². The van der Waals surface area contributed by atoms with Gasteiger partial charge in [-0.25, -0.2) is 9.59 Å². The van der Waals surface area contributed by atoms with E-state index in [-0.39, 0.29) is 12.5 Å². The number of hydrogen-bond acceptors (Lipinski definition) is 7. The number of aromatic nitrogens is 2. The molecule has 222 valence electrons. The first-order chi connectivity index (χ1) is 20.7. The molecule has 3 aromatic carbocycles. The highest BCUT2D eigenvalue weighted by Gasteiger charge is 2.47. The molecule has 2 atom stereocenters. The van der Waals surface area contributed by atoms with Gasteiger partial charge in [0, 0.05) is 41.7 Å². The highest BCUT2D eigenvalue weighted by atomic mass is 35.5. The van der Waals surface area contributed by atoms with Crippen LogP contribution in [0.2, 0.25) is 5.02 Å². The van der Waals surface area contributed by atoms with Crippen LogP contribution in [0.3, 0.4) is 0 Å². The van der Waals surface area contributed by atoms with Crippen molar-refractivity contribution >= 4 is 57.8 Å². The molecule has 11 nitrogen and oxygen atoms in total. The second-order valence-corrected chi connectivity index (χ2v) is 11.2. The smallest absolute Gasteiger partial charge is 0.412 e. The van der Waals surface area contributed by atoms with Crippen molar-refractivity contribution < 1.29 is 23.9 Å². The average Bonchev–Trinajstić information content (AvgIpc) is 3.31. The lowest BCUT2D eigenvalue weighted by Crippen LogP contribution is -2.56. The minimum Gasteiger partial charge on any atom is -0.453 e. The Hall–Kier alpha value is -4.77. The number of nitrogens with one attached hydrogen (secondary N) is 3. The Morgan fingerprint density at radius 2 is 1.98 bits per heavy atom. The molecule has 2 unspecified atom stereocenters. The molecule has 43 heavy (non-hydrogen) atoms. The zero-order valence-electron chi connectivity index (χ0n) is 23.7. The molecule has 6 rings (SSSR count). The number of methoxy groups -OCH3 is 1. The van der Waals surface area contributed by atoms with Gasteiger partial charge in [-0.15, -0.1) is 0 Å². The minimum absolute atomic E-state index is 0.135. The predicted octanol–water partition coefficient (Wildman–Crippen LogP) is 5.51. The van der Waals surface area contributed by atoms with Gasteiger partial charge < -0.3 is 19.7 Å². The Labute approximate surface area is 253 Å². The van der Waals surface area contributed by atoms with Crippen LogP contribution in [-0.4, -0.2) is 59.0 Å². The van der Waals surface area contributed by atoms with Gasteiger partial charge in [0.2, 0.25) is 5.91 Å². The number of carbonyl (C=O) groups is 3. The van der Waals surface area contributed by atoms with Crippen molar-refractivity contribution in [1.82, 2.24) is 14.7 Å². The normalized spacial score (nSPS) is 18.4. The summed E-state index contributed by atoms with van der Waals surface area (Å²) in [5.41, 5.74) is 2.69. The van der Waals surface area contributed by atoms with E-state index in [1.807, 2.05) is 36.4 Å². The SMILES string of the molecule is COC(=O)Nc1ccc2c(NC(Cc3ccccc3)C(=O)N3CCCC4(C3)OC(=O)Nc3ccc(Cl)cc34)nn(C)c2c1. The topological polar surface area (TPSA) is 127 Å². The van der Waals surface area contributed by atoms with Crippen molar-refractivity contribution in [2.75, 3.05) is 36.1 Å². The highest BCUT2D eigenvalue weighted by molar-refractivity contribution is 6.30. The molecule has 0 aliphatic carbocycles. The third kappa shape index (κ3) is 5.68. The van der Waals surface area contributed by atoms with Crippen LogP contribution in [0.5, 0.6) is 0 Å². The van der Waals surface area contributed by atoms with Crippen LogP contribution < -0.4 is 16.0 Å². The second kappa shape index (κ2) is 11.5. The summed E-state index contributed by atoms with van der Waals surface area (Å²) >= 11 is 6.34. The van der Waals surface area contributed by atoms with E-state index in [0.717, 1.165) is 22.0 Å². The summed E-state index contributed by atoms with van der Waals surface area (Å²) in [6, 6.07) is 19.8. The van der Waals surface area contributed by atoms with Crippen molar-refractivity contribution in [2.24, 2.45) is 7.05 Å². The number of aryl methyl sites for hydroxylation is 1. The molecule has 12 heteroatoms. The largest absolute Gasteiger partial charge is 0.453 e. The number of ether oxygens (including phenoxy) is 2. The Balaban J connectivity index is 1.32. The number of nitrogens with zero attached hydrogens (tertiary/aromatic N) is 3. The number of amides is 3. The standard InChI is InChI=1S/C31H31ClN6O5/c1-37-26-17-21(33-29(40)42-2)10-11-22(26)27(36-37)34-25(15-19-7-4-3-5-8-19)28(39)38-14-6-13-31(18-38)23-16-20(32)9-12-24(23)35-30(41)43-31/h3-5,7-12,16-17,25H,6,13-15,18H2,1-2H3,(H,33,40)(H,34,36)(H,35,41). The minimum atomic E-state index is -1.01. The van der Waals surface area contributed by atoms with E-state index in [1.165, 1.54) is 7.11 Å². The maximum absolute atomic E-state index is 14.3. The van der Waals surface area contributed by atoms with E-state index in [1.54, 1.807) is 47.0 Å². The zero-order chi connectivity index (χ0) is 30.1. The van der Waals surface area contributed by atoms with Crippen LogP contribution in [0.15, 0.2) is 66.7 Å². The molecule has 3 N–H and O–H groups in total. The predicted molar refractivity (Wildman–Crippen MR) is 163 cm³/mol. The molecule has 2 aliphatic rings. The third-order valence-electron chi connectivity index (χ3n) is 7.94. The second-order valence-electron chi connectivity index (χ2n) is 10.8. The van der Waals surface area contributed by atoms with Gasteiger partial charge in [0.15, 0.2) is 11.4 Å². The van der Waals surface area contributed by atoms with E-state index >= 15 is 0 Å². The molecular formula is C31H31ClN6O5. The summed E-state index contributed by atoms with van der Waals surface area (Å²) in [7, 11) is 3.10. The summed E-state index contributed by atoms with van der Waals surface area (Å²) < 4.78 is 12.3. The molecular weight excluding hydrogens is 572 g/mol. The monoisotopic (exact) mass is 602 g/mol. The molecule has 3 heterocycles. The van der Waals surface area contributed by atoms with Crippen LogP contribution in [0.25, 0.3) is 10.9 Å². The van der Waals surface area contributed by atoms with Gasteiger partial charge in [-0.05, 0) is 54.8 Å². The molecule has 1 aromatic heterocycles. The Morgan fingerprint density at radius 1 is 1.16 bits per heavy atom. The Morgan fingerprint density at radius 3 is 2.77 bits per heavy atom. The number of fused-ring (bicyclic) bond motifs is 3. The average molecular weight is 603 g/mol. The van der Waals surface area contributed by atoms with Crippen molar-refractivity contribution in [3.05, 3.63) is 82.9 Å². The lowest BCUT2D eigenvalue weighted by atomic mass is 9.83. The summed E-state index contributed by atoms with van der Waals surface area (Å²) in [5.74, 6) is 0.400. The maximum atomic E-state index is 14.3. The fourth-order valence-corrected chi connectivity index (χ4v) is 6.10. The number of likely N-dealkylation sites (tertiary alicyclic amines) is 1. The van der Waals surface area contributed by atoms with Crippen molar-refractivity contribution in [1.29, 1.82) is 0 Å². The summed E-state index contributed by atoms with van der Waals surface area (Å²) in [6.45, 7) is 0.713. The van der Waals surface area contributed by atoms with Gasteiger partial charge in [0.25, 0.3) is 0 Å². The number of piperidine rings is 1. The maximum Gasteiger partial charge on any atom is 0.412 e. The van der Waals surface area contributed by atoms with Gasteiger partial charge in [0.1, 0.15) is 6.04 Å².